The topological polar surface area (TPSA) is 95.9 Å². The summed E-state index contributed by atoms with van der Waals surface area (Å²) < 4.78 is 5.50. The second-order valence-corrected chi connectivity index (χ2v) is 24.9. The van der Waals surface area contributed by atoms with Crippen molar-refractivity contribution in [3.8, 4) is 0 Å². The number of aliphatic hydroxyl groups excluding tert-OH is 2. The summed E-state index contributed by atoms with van der Waals surface area (Å²) in [5.74, 6) is -0.0381. The van der Waals surface area contributed by atoms with Crippen molar-refractivity contribution in [3.05, 3.63) is 48.6 Å². The van der Waals surface area contributed by atoms with Gasteiger partial charge in [0.25, 0.3) is 0 Å². The molecule has 0 aromatic rings. The highest BCUT2D eigenvalue weighted by atomic mass is 16.5. The zero-order chi connectivity index (χ0) is 58.5. The molecule has 0 fully saturated rings. The van der Waals surface area contributed by atoms with Gasteiger partial charge in [-0.1, -0.05) is 339 Å². The van der Waals surface area contributed by atoms with Crippen molar-refractivity contribution in [1.29, 1.82) is 0 Å². The van der Waals surface area contributed by atoms with Crippen molar-refractivity contribution in [2.45, 2.75) is 405 Å². The molecule has 1 amide bonds. The van der Waals surface area contributed by atoms with Gasteiger partial charge in [-0.2, -0.15) is 0 Å². The first-order valence-corrected chi connectivity index (χ1v) is 36.4. The molecule has 3 N–H and O–H groups in total. The number of aliphatic hydroxyl groups is 2. The van der Waals surface area contributed by atoms with E-state index in [2.05, 4.69) is 67.8 Å². The fourth-order valence-electron chi connectivity index (χ4n) is 11.3. The maximum Gasteiger partial charge on any atom is 0.305 e. The lowest BCUT2D eigenvalue weighted by molar-refractivity contribution is -0.143. The molecule has 0 aliphatic rings. The average molecular weight is 1140 g/mol. The van der Waals surface area contributed by atoms with Crippen LogP contribution in [0.1, 0.15) is 393 Å². The van der Waals surface area contributed by atoms with Crippen LogP contribution in [-0.4, -0.2) is 47.4 Å². The minimum Gasteiger partial charge on any atom is -0.466 e. The lowest BCUT2D eigenvalue weighted by Gasteiger charge is -2.22. The van der Waals surface area contributed by atoms with E-state index in [-0.39, 0.29) is 18.5 Å². The second kappa shape index (κ2) is 70.3. The Labute approximate surface area is 506 Å². The molecule has 0 spiro atoms. The predicted molar refractivity (Wildman–Crippen MR) is 356 cm³/mol. The van der Waals surface area contributed by atoms with Gasteiger partial charge in [-0.25, -0.2) is 0 Å². The number of rotatable bonds is 68. The molecule has 2 atom stereocenters. The number of nitrogens with one attached hydrogen (secondary N) is 1. The van der Waals surface area contributed by atoms with Gasteiger partial charge in [0.15, 0.2) is 0 Å². The van der Waals surface area contributed by atoms with Crippen molar-refractivity contribution in [2.75, 3.05) is 13.2 Å². The van der Waals surface area contributed by atoms with Gasteiger partial charge in [0.05, 0.1) is 25.4 Å². The van der Waals surface area contributed by atoms with E-state index in [4.69, 9.17) is 4.74 Å². The quantitative estimate of drug-likeness (QED) is 0.0320. The molecule has 0 saturated carbocycles. The number of hydrogen-bond acceptors (Lipinski definition) is 5. The second-order valence-electron chi connectivity index (χ2n) is 24.9. The first kappa shape index (κ1) is 78.8. The van der Waals surface area contributed by atoms with Crippen molar-refractivity contribution in [2.24, 2.45) is 0 Å². The summed E-state index contributed by atoms with van der Waals surface area (Å²) in [6, 6.07) is -0.551. The van der Waals surface area contributed by atoms with Crippen LogP contribution in [0.2, 0.25) is 0 Å². The summed E-state index contributed by atoms with van der Waals surface area (Å²) in [4.78, 5) is 24.7. The fraction of sp³-hybridized carbons (Fsp3) is 0.867. The Morgan fingerprint density at radius 3 is 0.963 bits per heavy atom. The minimum absolute atomic E-state index is 0.00379. The van der Waals surface area contributed by atoms with Crippen LogP contribution in [0.3, 0.4) is 0 Å². The van der Waals surface area contributed by atoms with E-state index >= 15 is 0 Å². The number of ether oxygens (including phenoxy) is 1. The van der Waals surface area contributed by atoms with E-state index in [1.54, 1.807) is 0 Å². The predicted octanol–water partition coefficient (Wildman–Crippen LogP) is 23.6. The fourth-order valence-corrected chi connectivity index (χ4v) is 11.3. The highest BCUT2D eigenvalue weighted by molar-refractivity contribution is 5.76. The van der Waals surface area contributed by atoms with Crippen LogP contribution in [0.25, 0.3) is 0 Å². The summed E-state index contributed by atoms with van der Waals surface area (Å²) in [6.07, 6.45) is 91.6. The maximum atomic E-state index is 12.5. The van der Waals surface area contributed by atoms with Gasteiger partial charge in [0.1, 0.15) is 0 Å². The monoisotopic (exact) mass is 1140 g/mol. The third-order valence-electron chi connectivity index (χ3n) is 16.9. The largest absolute Gasteiger partial charge is 0.466 e. The molecule has 6 nitrogen and oxygen atoms in total. The Kier molecular flexibility index (Phi) is 68.4. The summed E-state index contributed by atoms with van der Waals surface area (Å²) >= 11 is 0. The molecule has 0 aliphatic heterocycles. The van der Waals surface area contributed by atoms with Gasteiger partial charge in [-0.05, 0) is 89.9 Å². The summed E-state index contributed by atoms with van der Waals surface area (Å²) in [6.45, 7) is 4.95. The number of unbranched alkanes of at least 4 members (excludes halogenated alkanes) is 49. The molecule has 0 aliphatic carbocycles. The van der Waals surface area contributed by atoms with E-state index in [1.165, 1.54) is 295 Å². The van der Waals surface area contributed by atoms with Crippen LogP contribution >= 0.6 is 0 Å². The van der Waals surface area contributed by atoms with Crippen LogP contribution in [0.15, 0.2) is 48.6 Å². The van der Waals surface area contributed by atoms with Gasteiger partial charge >= 0.3 is 5.97 Å². The molecule has 81 heavy (non-hydrogen) atoms. The van der Waals surface area contributed by atoms with Crippen molar-refractivity contribution in [3.63, 3.8) is 0 Å². The van der Waals surface area contributed by atoms with E-state index in [9.17, 15) is 19.8 Å². The molecule has 0 saturated heterocycles. The van der Waals surface area contributed by atoms with E-state index < -0.39 is 12.1 Å². The molecule has 6 heteroatoms. The minimum atomic E-state index is -0.673. The van der Waals surface area contributed by atoms with Crippen LogP contribution in [0.4, 0.5) is 0 Å². The Morgan fingerprint density at radius 1 is 0.346 bits per heavy atom. The van der Waals surface area contributed by atoms with Crippen LogP contribution < -0.4 is 5.32 Å². The number of amides is 1. The molecular weight excluding hydrogens is 995 g/mol. The Morgan fingerprint density at radius 2 is 0.617 bits per heavy atom. The maximum absolute atomic E-state index is 12.5. The lowest BCUT2D eigenvalue weighted by Crippen LogP contribution is -2.45. The first-order valence-electron chi connectivity index (χ1n) is 36.4. The third kappa shape index (κ3) is 66.8. The lowest BCUT2D eigenvalue weighted by atomic mass is 10.0. The molecule has 2 unspecified atom stereocenters. The average Bonchev–Trinajstić information content (AvgIpc) is 3.47. The molecule has 0 aromatic carbocycles. The third-order valence-corrected chi connectivity index (χ3v) is 16.9. The van der Waals surface area contributed by atoms with Crippen molar-refractivity contribution < 1.29 is 24.5 Å². The molecule has 0 bridgehead atoms. The number of carbonyl (C=O) groups excluding carboxylic acids is 2. The van der Waals surface area contributed by atoms with Gasteiger partial charge in [-0.15, -0.1) is 0 Å². The zero-order valence-electron chi connectivity index (χ0n) is 54.5. The van der Waals surface area contributed by atoms with Gasteiger partial charge in [0.2, 0.25) is 5.91 Å². The van der Waals surface area contributed by atoms with Gasteiger partial charge in [0, 0.05) is 12.8 Å². The standard InChI is InChI=1S/C75H141NO5/c1-3-5-7-9-11-13-15-17-19-21-23-24-28-32-35-39-43-47-51-55-59-63-67-73(78)72(71-77)76-74(79)68-64-60-56-52-48-44-40-36-33-29-26-25-27-30-34-38-42-46-50-54-58-62-66-70-81-75(80)69-65-61-57-53-49-45-41-37-31-22-20-18-16-14-12-10-8-6-4-2/h12,14,18,20,25,27,29,33,72-73,77-78H,3-11,13,15-17,19,21-24,26,28,30-32,34-71H2,1-2H3,(H,76,79)/b14-12-,20-18-,27-25-,33-29-. The highest BCUT2D eigenvalue weighted by Gasteiger charge is 2.20. The number of hydrogen-bond donors (Lipinski definition) is 3. The first-order chi connectivity index (χ1) is 40.0. The number of esters is 1. The Bertz CT molecular complexity index is 1360. The number of carbonyl (C=O) groups is 2. The van der Waals surface area contributed by atoms with E-state index in [0.29, 0.717) is 25.9 Å². The van der Waals surface area contributed by atoms with Crippen molar-refractivity contribution in [1.82, 2.24) is 5.32 Å². The molecule has 0 radical (unpaired) electrons. The summed E-state index contributed by atoms with van der Waals surface area (Å²) in [5, 5.41) is 23.4. The van der Waals surface area contributed by atoms with Gasteiger partial charge in [-0.3, -0.25) is 9.59 Å². The van der Waals surface area contributed by atoms with Crippen molar-refractivity contribution >= 4 is 11.9 Å². The van der Waals surface area contributed by atoms with E-state index in [1.807, 2.05) is 0 Å². The molecule has 476 valence electrons. The van der Waals surface area contributed by atoms with E-state index in [0.717, 1.165) is 64.2 Å². The van der Waals surface area contributed by atoms with Crippen LogP contribution in [-0.2, 0) is 14.3 Å². The summed E-state index contributed by atoms with van der Waals surface area (Å²) in [5.41, 5.74) is 0. The smallest absolute Gasteiger partial charge is 0.305 e. The van der Waals surface area contributed by atoms with Crippen LogP contribution in [0, 0.1) is 0 Å². The Hall–Kier alpha value is -2.18. The molecular formula is C75H141NO5. The molecule has 0 rings (SSSR count). The molecule has 0 heterocycles. The highest BCUT2D eigenvalue weighted by Crippen LogP contribution is 2.19. The summed E-state index contributed by atoms with van der Waals surface area (Å²) in [7, 11) is 0. The van der Waals surface area contributed by atoms with Crippen LogP contribution in [0.5, 0.6) is 0 Å². The Balaban J connectivity index is 3.44. The number of allylic oxidation sites excluding steroid dienone is 8. The normalized spacial score (nSPS) is 12.8. The SMILES string of the molecule is CCCCC/C=C\C/C=C\CCCCCCCCCCCC(=O)OCCCCCCCCCCC/C=C\C/C=C\CCCCCCCCCC(=O)NC(CO)C(O)CCCCCCCCCCCCCCCCCCCCCCCC. The molecule has 0 aromatic heterocycles. The zero-order valence-corrected chi connectivity index (χ0v) is 54.5. The van der Waals surface area contributed by atoms with Gasteiger partial charge < -0.3 is 20.3 Å².